The van der Waals surface area contributed by atoms with Gasteiger partial charge in [0, 0.05) is 44.1 Å². The topological polar surface area (TPSA) is 49.3 Å². The number of aryl methyl sites for hydroxylation is 1. The molecule has 2 aliphatic rings. The number of benzene rings is 1. The molecular weight excluding hydrogens is 343 g/mol. The Morgan fingerprint density at radius 1 is 1.04 bits per heavy atom. The second-order valence-electron chi connectivity index (χ2n) is 7.84. The Morgan fingerprint density at radius 2 is 1.78 bits per heavy atom. The van der Waals surface area contributed by atoms with Crippen LogP contribution >= 0.6 is 0 Å². The van der Waals surface area contributed by atoms with Gasteiger partial charge in [0.05, 0.1) is 5.41 Å². The van der Waals surface area contributed by atoms with Crippen molar-refractivity contribution >= 4 is 5.91 Å². The van der Waals surface area contributed by atoms with E-state index in [0.717, 1.165) is 62.4 Å². The maximum absolute atomic E-state index is 13.3. The van der Waals surface area contributed by atoms with Crippen molar-refractivity contribution in [1.29, 1.82) is 0 Å². The first-order valence-electron chi connectivity index (χ1n) is 9.58. The van der Waals surface area contributed by atoms with Crippen molar-refractivity contribution in [3.8, 4) is 0 Å². The lowest BCUT2D eigenvalue weighted by Gasteiger charge is -2.39. The third-order valence-corrected chi connectivity index (χ3v) is 5.78. The Kier molecular flexibility index (Phi) is 4.91. The van der Waals surface area contributed by atoms with E-state index >= 15 is 0 Å². The van der Waals surface area contributed by atoms with E-state index in [1.54, 1.807) is 12.1 Å². The van der Waals surface area contributed by atoms with Crippen LogP contribution in [0.4, 0.5) is 4.39 Å². The van der Waals surface area contributed by atoms with Crippen LogP contribution < -0.4 is 0 Å². The summed E-state index contributed by atoms with van der Waals surface area (Å²) in [5.74, 6) is 0.781. The monoisotopic (exact) mass is 368 g/mol. The van der Waals surface area contributed by atoms with E-state index in [4.69, 9.17) is 0 Å². The van der Waals surface area contributed by atoms with Crippen LogP contribution in [0.2, 0.25) is 0 Å². The molecule has 6 heteroatoms. The molecule has 3 heterocycles. The van der Waals surface area contributed by atoms with Crippen LogP contribution in [0.15, 0.2) is 36.7 Å². The molecular formula is C21H25FN4O. The normalized spacial score (nSPS) is 23.3. The van der Waals surface area contributed by atoms with Gasteiger partial charge in [-0.05, 0) is 50.4 Å². The van der Waals surface area contributed by atoms with Gasteiger partial charge >= 0.3 is 0 Å². The number of hydrogen-bond acceptors (Lipinski definition) is 4. The first-order valence-corrected chi connectivity index (χ1v) is 9.58. The minimum Gasteiger partial charge on any atom is -0.338 e. The number of carbonyl (C=O) groups is 1. The molecule has 5 nitrogen and oxygen atoms in total. The summed E-state index contributed by atoms with van der Waals surface area (Å²) < 4.78 is 13.1. The maximum atomic E-state index is 13.3. The number of rotatable bonds is 4. The maximum Gasteiger partial charge on any atom is 0.230 e. The highest BCUT2D eigenvalue weighted by molar-refractivity contribution is 5.84. The van der Waals surface area contributed by atoms with Crippen molar-refractivity contribution in [2.24, 2.45) is 5.41 Å². The molecule has 4 rings (SSSR count). The van der Waals surface area contributed by atoms with Gasteiger partial charge in [-0.15, -0.1) is 0 Å². The molecule has 1 amide bonds. The summed E-state index contributed by atoms with van der Waals surface area (Å²) in [7, 11) is 0. The third-order valence-electron chi connectivity index (χ3n) is 5.78. The Hall–Kier alpha value is -2.34. The van der Waals surface area contributed by atoms with Gasteiger partial charge in [-0.1, -0.05) is 12.1 Å². The first-order chi connectivity index (χ1) is 13.0. The summed E-state index contributed by atoms with van der Waals surface area (Å²) in [4.78, 5) is 26.1. The quantitative estimate of drug-likeness (QED) is 0.833. The molecule has 0 saturated carbocycles. The van der Waals surface area contributed by atoms with Gasteiger partial charge < -0.3 is 4.90 Å². The van der Waals surface area contributed by atoms with E-state index in [1.165, 1.54) is 12.1 Å². The van der Waals surface area contributed by atoms with Gasteiger partial charge in [0.25, 0.3) is 0 Å². The highest BCUT2D eigenvalue weighted by Gasteiger charge is 2.48. The first kappa shape index (κ1) is 18.0. The van der Waals surface area contributed by atoms with Crippen LogP contribution in [0.5, 0.6) is 0 Å². The zero-order valence-corrected chi connectivity index (χ0v) is 15.7. The van der Waals surface area contributed by atoms with Crippen LogP contribution in [-0.4, -0.2) is 45.3 Å². The lowest BCUT2D eigenvalue weighted by Crippen LogP contribution is -2.49. The fourth-order valence-corrected chi connectivity index (χ4v) is 4.34. The van der Waals surface area contributed by atoms with Gasteiger partial charge in [0.2, 0.25) is 5.91 Å². The molecule has 27 heavy (non-hydrogen) atoms. The predicted octanol–water partition coefficient (Wildman–Crippen LogP) is 2.94. The van der Waals surface area contributed by atoms with E-state index < -0.39 is 0 Å². The molecule has 1 atom stereocenters. The molecule has 0 N–H and O–H groups in total. The minimum absolute atomic E-state index is 0.244. The lowest BCUT2D eigenvalue weighted by molar-refractivity contribution is -0.146. The molecule has 2 aliphatic heterocycles. The molecule has 0 radical (unpaired) electrons. The molecule has 1 aromatic heterocycles. The zero-order chi connectivity index (χ0) is 18.9. The van der Waals surface area contributed by atoms with Crippen LogP contribution in [0.3, 0.4) is 0 Å². The van der Waals surface area contributed by atoms with Crippen LogP contribution in [0.1, 0.15) is 36.2 Å². The van der Waals surface area contributed by atoms with Gasteiger partial charge in [-0.2, -0.15) is 0 Å². The number of aromatic nitrogens is 2. The zero-order valence-electron chi connectivity index (χ0n) is 15.7. The second-order valence-corrected chi connectivity index (χ2v) is 7.84. The summed E-state index contributed by atoms with van der Waals surface area (Å²) in [5, 5.41) is 0. The molecule has 1 spiro atoms. The Morgan fingerprint density at radius 3 is 2.52 bits per heavy atom. The van der Waals surface area contributed by atoms with E-state index in [-0.39, 0.29) is 17.1 Å². The SMILES string of the molecule is Cc1ncc(CN2CCC3(CCCN(Cc4ccc(F)cc4)C3=O)C2)cn1. The average molecular weight is 368 g/mol. The summed E-state index contributed by atoms with van der Waals surface area (Å²) in [6.45, 7) is 5.72. The van der Waals surface area contributed by atoms with Crippen LogP contribution in [0.25, 0.3) is 0 Å². The molecule has 1 aromatic carbocycles. The van der Waals surface area contributed by atoms with Gasteiger partial charge in [0.1, 0.15) is 11.6 Å². The summed E-state index contributed by atoms with van der Waals surface area (Å²) in [6, 6.07) is 6.45. The Bertz CT molecular complexity index is 808. The van der Waals surface area contributed by atoms with Crippen molar-refractivity contribution in [3.05, 3.63) is 59.4 Å². The summed E-state index contributed by atoms with van der Waals surface area (Å²) in [6.07, 6.45) is 6.62. The molecule has 2 aromatic rings. The third kappa shape index (κ3) is 3.86. The molecule has 2 saturated heterocycles. The molecule has 0 aliphatic carbocycles. The van der Waals surface area contributed by atoms with Crippen molar-refractivity contribution in [1.82, 2.24) is 19.8 Å². The number of nitrogens with zero attached hydrogens (tertiary/aromatic N) is 4. The van der Waals surface area contributed by atoms with E-state index in [9.17, 15) is 9.18 Å². The van der Waals surface area contributed by atoms with Crippen molar-refractivity contribution in [2.75, 3.05) is 19.6 Å². The van der Waals surface area contributed by atoms with Gasteiger partial charge in [0.15, 0.2) is 0 Å². The molecule has 2 fully saturated rings. The fourth-order valence-electron chi connectivity index (χ4n) is 4.34. The fraction of sp³-hybridized carbons (Fsp3) is 0.476. The summed E-state index contributed by atoms with van der Waals surface area (Å²) in [5.41, 5.74) is 1.79. The largest absolute Gasteiger partial charge is 0.338 e. The van der Waals surface area contributed by atoms with Gasteiger partial charge in [-0.3, -0.25) is 9.69 Å². The van der Waals surface area contributed by atoms with Crippen molar-refractivity contribution < 1.29 is 9.18 Å². The van der Waals surface area contributed by atoms with Crippen LogP contribution in [-0.2, 0) is 17.9 Å². The number of halogens is 1. The van der Waals surface area contributed by atoms with Crippen molar-refractivity contribution in [3.63, 3.8) is 0 Å². The van der Waals surface area contributed by atoms with Crippen molar-refractivity contribution in [2.45, 2.75) is 39.3 Å². The number of carbonyl (C=O) groups excluding carboxylic acids is 1. The smallest absolute Gasteiger partial charge is 0.230 e. The van der Waals surface area contributed by atoms with E-state index in [2.05, 4.69) is 14.9 Å². The highest BCUT2D eigenvalue weighted by atomic mass is 19.1. The number of likely N-dealkylation sites (tertiary alicyclic amines) is 2. The second kappa shape index (κ2) is 7.35. The predicted molar refractivity (Wildman–Crippen MR) is 100 cm³/mol. The van der Waals surface area contributed by atoms with E-state index in [0.29, 0.717) is 6.54 Å². The standard InChI is InChI=1S/C21H25FN4O/c1-16-23-11-18(12-24-16)13-25-10-8-21(15-25)7-2-9-26(20(21)27)14-17-3-5-19(22)6-4-17/h3-6,11-12H,2,7-10,13-15H2,1H3. The Balaban J connectivity index is 1.42. The molecule has 0 bridgehead atoms. The minimum atomic E-state index is -0.274. The molecule has 1 unspecified atom stereocenters. The number of piperidine rings is 1. The van der Waals surface area contributed by atoms with E-state index in [1.807, 2.05) is 24.2 Å². The van der Waals surface area contributed by atoms with Crippen LogP contribution in [0, 0.1) is 18.2 Å². The number of hydrogen-bond donors (Lipinski definition) is 0. The Labute approximate surface area is 159 Å². The van der Waals surface area contributed by atoms with Gasteiger partial charge in [-0.25, -0.2) is 14.4 Å². The molecule has 142 valence electrons. The number of amides is 1. The summed E-state index contributed by atoms with van der Waals surface area (Å²) >= 11 is 0. The highest BCUT2D eigenvalue weighted by Crippen LogP contribution is 2.40. The lowest BCUT2D eigenvalue weighted by atomic mass is 9.78. The average Bonchev–Trinajstić information content (AvgIpc) is 3.06.